The quantitative estimate of drug-likeness (QED) is 0.847. The number of fused-ring (bicyclic) bond motifs is 1. The molecule has 2 heterocycles. The van der Waals surface area contributed by atoms with Crippen LogP contribution in [0.15, 0.2) is 24.4 Å². The maximum atomic E-state index is 13.6. The molecule has 0 radical (unpaired) electrons. The summed E-state index contributed by atoms with van der Waals surface area (Å²) in [6.07, 6.45) is 2.89. The molecule has 0 aliphatic carbocycles. The standard InChI is InChI=1S/C14H18FN3/c1-18-6-5-16-9-11(18)7-10-8-17-14-12(10)3-2-4-13(14)15/h2-4,8,11,16-17H,5-7,9H2,1H3. The molecule has 0 amide bonds. The molecule has 0 saturated carbocycles. The van der Waals surface area contributed by atoms with Crippen LogP contribution in [0.25, 0.3) is 10.9 Å². The topological polar surface area (TPSA) is 31.1 Å². The highest BCUT2D eigenvalue weighted by Crippen LogP contribution is 2.22. The van der Waals surface area contributed by atoms with Crippen LogP contribution >= 0.6 is 0 Å². The number of hydrogen-bond donors (Lipinski definition) is 2. The lowest BCUT2D eigenvalue weighted by molar-refractivity contribution is 0.199. The molecular formula is C14H18FN3. The van der Waals surface area contributed by atoms with Crippen LogP contribution in [0.5, 0.6) is 0 Å². The molecule has 2 N–H and O–H groups in total. The molecule has 1 aliphatic heterocycles. The van der Waals surface area contributed by atoms with Gasteiger partial charge in [-0.1, -0.05) is 12.1 Å². The van der Waals surface area contributed by atoms with Crippen molar-refractivity contribution in [1.29, 1.82) is 0 Å². The minimum atomic E-state index is -0.172. The Morgan fingerprint density at radius 1 is 1.44 bits per heavy atom. The predicted octanol–water partition coefficient (Wildman–Crippen LogP) is 1.75. The number of piperazine rings is 1. The zero-order chi connectivity index (χ0) is 12.5. The number of aromatic amines is 1. The molecular weight excluding hydrogens is 229 g/mol. The number of benzene rings is 1. The van der Waals surface area contributed by atoms with Crippen molar-refractivity contribution in [2.75, 3.05) is 26.7 Å². The molecule has 1 unspecified atom stereocenters. The summed E-state index contributed by atoms with van der Waals surface area (Å²) in [5.41, 5.74) is 1.82. The second-order valence-corrected chi connectivity index (χ2v) is 5.02. The van der Waals surface area contributed by atoms with E-state index in [0.717, 1.165) is 31.4 Å². The summed E-state index contributed by atoms with van der Waals surface area (Å²) in [7, 11) is 2.15. The largest absolute Gasteiger partial charge is 0.359 e. The summed E-state index contributed by atoms with van der Waals surface area (Å²) in [5.74, 6) is -0.172. The number of hydrogen-bond acceptors (Lipinski definition) is 2. The van der Waals surface area contributed by atoms with Gasteiger partial charge in [0.2, 0.25) is 0 Å². The summed E-state index contributed by atoms with van der Waals surface area (Å²) in [6.45, 7) is 3.12. The number of nitrogens with one attached hydrogen (secondary N) is 2. The van der Waals surface area contributed by atoms with Crippen molar-refractivity contribution >= 4 is 10.9 Å². The van der Waals surface area contributed by atoms with Crippen LogP contribution in [-0.4, -0.2) is 42.6 Å². The lowest BCUT2D eigenvalue weighted by Gasteiger charge is -2.33. The highest BCUT2D eigenvalue weighted by atomic mass is 19.1. The van der Waals surface area contributed by atoms with E-state index in [1.165, 1.54) is 11.6 Å². The van der Waals surface area contributed by atoms with Crippen LogP contribution < -0.4 is 5.32 Å². The molecule has 96 valence electrons. The molecule has 18 heavy (non-hydrogen) atoms. The summed E-state index contributed by atoms with van der Waals surface area (Å²) in [4.78, 5) is 5.42. The lowest BCUT2D eigenvalue weighted by atomic mass is 10.0. The van der Waals surface area contributed by atoms with Gasteiger partial charge in [0.05, 0.1) is 5.52 Å². The first-order valence-corrected chi connectivity index (χ1v) is 6.41. The van der Waals surface area contributed by atoms with Crippen molar-refractivity contribution in [3.05, 3.63) is 35.8 Å². The van der Waals surface area contributed by atoms with E-state index < -0.39 is 0 Å². The molecule has 3 nitrogen and oxygen atoms in total. The summed E-state index contributed by atoms with van der Waals surface area (Å²) in [6, 6.07) is 5.75. The minimum absolute atomic E-state index is 0.172. The molecule has 1 aliphatic rings. The molecule has 2 aromatic rings. The first kappa shape index (κ1) is 11.7. The Balaban J connectivity index is 1.88. The normalized spacial score (nSPS) is 21.6. The van der Waals surface area contributed by atoms with Crippen LogP contribution in [0.1, 0.15) is 5.56 Å². The lowest BCUT2D eigenvalue weighted by Crippen LogP contribution is -2.50. The van der Waals surface area contributed by atoms with E-state index in [-0.39, 0.29) is 5.82 Å². The van der Waals surface area contributed by atoms with Gasteiger partial charge in [0.25, 0.3) is 0 Å². The number of H-pyrrole nitrogens is 1. The van der Waals surface area contributed by atoms with Gasteiger partial charge in [0.1, 0.15) is 5.82 Å². The zero-order valence-electron chi connectivity index (χ0n) is 10.5. The molecule has 1 aromatic heterocycles. The molecule has 1 aromatic carbocycles. The van der Waals surface area contributed by atoms with Gasteiger partial charge >= 0.3 is 0 Å². The predicted molar refractivity (Wildman–Crippen MR) is 71.2 cm³/mol. The number of rotatable bonds is 2. The van der Waals surface area contributed by atoms with E-state index in [2.05, 4.69) is 22.2 Å². The Morgan fingerprint density at radius 3 is 3.17 bits per heavy atom. The molecule has 3 rings (SSSR count). The molecule has 1 fully saturated rings. The Morgan fingerprint density at radius 2 is 2.33 bits per heavy atom. The van der Waals surface area contributed by atoms with Gasteiger partial charge in [-0.25, -0.2) is 4.39 Å². The number of halogens is 1. The fourth-order valence-corrected chi connectivity index (χ4v) is 2.69. The molecule has 4 heteroatoms. The maximum Gasteiger partial charge on any atom is 0.147 e. The van der Waals surface area contributed by atoms with Crippen molar-refractivity contribution in [3.63, 3.8) is 0 Å². The Bertz CT molecular complexity index is 549. The van der Waals surface area contributed by atoms with Gasteiger partial charge in [-0.2, -0.15) is 0 Å². The first-order chi connectivity index (χ1) is 8.75. The van der Waals surface area contributed by atoms with Crippen molar-refractivity contribution in [3.8, 4) is 0 Å². The van der Waals surface area contributed by atoms with Crippen LogP contribution in [0, 0.1) is 5.82 Å². The van der Waals surface area contributed by atoms with Gasteiger partial charge in [0, 0.05) is 37.3 Å². The van der Waals surface area contributed by atoms with E-state index in [0.29, 0.717) is 11.6 Å². The van der Waals surface area contributed by atoms with Crippen molar-refractivity contribution in [1.82, 2.24) is 15.2 Å². The Hall–Kier alpha value is -1.39. The molecule has 0 bridgehead atoms. The fourth-order valence-electron chi connectivity index (χ4n) is 2.69. The average molecular weight is 247 g/mol. The van der Waals surface area contributed by atoms with Crippen molar-refractivity contribution in [2.45, 2.75) is 12.5 Å². The fraction of sp³-hybridized carbons (Fsp3) is 0.429. The third-order valence-electron chi connectivity index (χ3n) is 3.85. The summed E-state index contributed by atoms with van der Waals surface area (Å²) in [5, 5.41) is 4.42. The highest BCUT2D eigenvalue weighted by Gasteiger charge is 2.20. The third kappa shape index (κ3) is 2.02. The second kappa shape index (κ2) is 4.71. The van der Waals surface area contributed by atoms with Crippen LogP contribution in [0.3, 0.4) is 0 Å². The zero-order valence-corrected chi connectivity index (χ0v) is 10.5. The van der Waals surface area contributed by atoms with E-state index in [4.69, 9.17) is 0 Å². The molecule has 0 spiro atoms. The van der Waals surface area contributed by atoms with Crippen LogP contribution in [-0.2, 0) is 6.42 Å². The Kier molecular flexibility index (Phi) is 3.06. The highest BCUT2D eigenvalue weighted by molar-refractivity contribution is 5.83. The summed E-state index contributed by atoms with van der Waals surface area (Å²) >= 11 is 0. The van der Waals surface area contributed by atoms with E-state index in [1.54, 1.807) is 6.07 Å². The SMILES string of the molecule is CN1CCNCC1Cc1c[nH]c2c(F)cccc12. The van der Waals surface area contributed by atoms with E-state index in [9.17, 15) is 4.39 Å². The van der Waals surface area contributed by atoms with Gasteiger partial charge in [-0.3, -0.25) is 0 Å². The van der Waals surface area contributed by atoms with Gasteiger partial charge in [-0.15, -0.1) is 0 Å². The number of aromatic nitrogens is 1. The van der Waals surface area contributed by atoms with Crippen molar-refractivity contribution < 1.29 is 4.39 Å². The smallest absolute Gasteiger partial charge is 0.147 e. The maximum absolute atomic E-state index is 13.6. The average Bonchev–Trinajstić information content (AvgIpc) is 2.77. The molecule has 1 atom stereocenters. The van der Waals surface area contributed by atoms with E-state index in [1.807, 2.05) is 12.3 Å². The minimum Gasteiger partial charge on any atom is -0.359 e. The monoisotopic (exact) mass is 247 g/mol. The van der Waals surface area contributed by atoms with Crippen LogP contribution in [0.4, 0.5) is 4.39 Å². The number of nitrogens with zero attached hydrogens (tertiary/aromatic N) is 1. The van der Waals surface area contributed by atoms with E-state index >= 15 is 0 Å². The van der Waals surface area contributed by atoms with Crippen molar-refractivity contribution in [2.24, 2.45) is 0 Å². The van der Waals surface area contributed by atoms with Gasteiger partial charge < -0.3 is 15.2 Å². The Labute approximate surface area is 106 Å². The summed E-state index contributed by atoms with van der Waals surface area (Å²) < 4.78 is 13.6. The van der Waals surface area contributed by atoms with Gasteiger partial charge in [0.15, 0.2) is 0 Å². The number of para-hydroxylation sites is 1. The number of likely N-dealkylation sites (N-methyl/N-ethyl adjacent to an activating group) is 1. The first-order valence-electron chi connectivity index (χ1n) is 6.41. The van der Waals surface area contributed by atoms with Gasteiger partial charge in [-0.05, 0) is 25.1 Å². The second-order valence-electron chi connectivity index (χ2n) is 5.02. The molecule has 1 saturated heterocycles. The van der Waals surface area contributed by atoms with Crippen LogP contribution in [0.2, 0.25) is 0 Å². The third-order valence-corrected chi connectivity index (χ3v) is 3.85.